The second-order valence-corrected chi connectivity index (χ2v) is 18.7. The molecule has 372 valence electrons. The van der Waals surface area contributed by atoms with Gasteiger partial charge in [0.1, 0.15) is 30.5 Å². The van der Waals surface area contributed by atoms with E-state index >= 15 is 0 Å². The smallest absolute Gasteiger partial charge is 0.306 e. The molecule has 9 nitrogen and oxygen atoms in total. The third kappa shape index (κ3) is 36.5. The van der Waals surface area contributed by atoms with Gasteiger partial charge in [0.25, 0.3) is 0 Å². The second-order valence-electron chi connectivity index (χ2n) is 18.7. The van der Waals surface area contributed by atoms with Gasteiger partial charge in [0.2, 0.25) is 0 Å². The number of hydrogen-bond donors (Lipinski definition) is 4. The highest BCUT2D eigenvalue weighted by molar-refractivity contribution is 5.69. The van der Waals surface area contributed by atoms with Crippen LogP contribution in [0.5, 0.6) is 0 Å². The summed E-state index contributed by atoms with van der Waals surface area (Å²) in [4.78, 5) is 12.9. The molecular formula is C54H102O9. The lowest BCUT2D eigenvalue weighted by atomic mass is 9.99. The van der Waals surface area contributed by atoms with E-state index < -0.39 is 43.4 Å². The van der Waals surface area contributed by atoms with Crippen LogP contribution in [0.25, 0.3) is 0 Å². The summed E-state index contributed by atoms with van der Waals surface area (Å²) in [5.41, 5.74) is 0. The molecule has 4 N–H and O–H groups in total. The van der Waals surface area contributed by atoms with Crippen molar-refractivity contribution in [2.45, 2.75) is 288 Å². The van der Waals surface area contributed by atoms with Gasteiger partial charge in [-0.2, -0.15) is 0 Å². The molecule has 0 radical (unpaired) electrons. The predicted molar refractivity (Wildman–Crippen MR) is 261 cm³/mol. The molecule has 0 bridgehead atoms. The van der Waals surface area contributed by atoms with E-state index in [0.29, 0.717) is 13.0 Å². The Morgan fingerprint density at radius 1 is 0.508 bits per heavy atom. The third-order valence-corrected chi connectivity index (χ3v) is 12.6. The Morgan fingerprint density at radius 3 is 1.40 bits per heavy atom. The molecule has 1 aliphatic heterocycles. The van der Waals surface area contributed by atoms with Crippen molar-refractivity contribution in [1.82, 2.24) is 0 Å². The van der Waals surface area contributed by atoms with E-state index in [4.69, 9.17) is 18.9 Å². The number of hydrogen-bond acceptors (Lipinski definition) is 9. The number of carbonyl (C=O) groups is 1. The second kappa shape index (κ2) is 45.8. The molecule has 0 amide bonds. The van der Waals surface area contributed by atoms with Crippen molar-refractivity contribution in [2.75, 3.05) is 26.4 Å². The lowest BCUT2D eigenvalue weighted by molar-refractivity contribution is -0.305. The number of ether oxygens (including phenoxy) is 4. The summed E-state index contributed by atoms with van der Waals surface area (Å²) in [6.07, 6.45) is 47.9. The van der Waals surface area contributed by atoms with Crippen LogP contribution >= 0.6 is 0 Å². The summed E-state index contributed by atoms with van der Waals surface area (Å²) in [7, 11) is 0. The van der Waals surface area contributed by atoms with Crippen molar-refractivity contribution in [3.05, 3.63) is 24.3 Å². The van der Waals surface area contributed by atoms with Crippen molar-refractivity contribution < 1.29 is 44.2 Å². The molecule has 1 aliphatic rings. The topological polar surface area (TPSA) is 135 Å². The van der Waals surface area contributed by atoms with Crippen molar-refractivity contribution in [3.8, 4) is 0 Å². The molecule has 1 fully saturated rings. The van der Waals surface area contributed by atoms with Gasteiger partial charge in [0.05, 0.1) is 19.8 Å². The zero-order valence-corrected chi connectivity index (χ0v) is 41.1. The fourth-order valence-corrected chi connectivity index (χ4v) is 8.41. The van der Waals surface area contributed by atoms with Gasteiger partial charge in [-0.1, -0.05) is 224 Å². The summed E-state index contributed by atoms with van der Waals surface area (Å²) in [6.45, 7) is 4.56. The Bertz CT molecular complexity index is 1020. The molecular weight excluding hydrogens is 793 g/mol. The predicted octanol–water partition coefficient (Wildman–Crippen LogP) is 13.3. The van der Waals surface area contributed by atoms with Gasteiger partial charge >= 0.3 is 5.97 Å². The molecule has 1 rings (SSSR count). The number of carbonyl (C=O) groups excluding carboxylic acids is 1. The van der Waals surface area contributed by atoms with Gasteiger partial charge in [-0.05, 0) is 44.9 Å². The molecule has 0 spiro atoms. The number of aliphatic hydroxyl groups excluding tert-OH is 4. The van der Waals surface area contributed by atoms with E-state index in [2.05, 4.69) is 38.2 Å². The van der Waals surface area contributed by atoms with Crippen LogP contribution < -0.4 is 0 Å². The fraction of sp³-hybridized carbons (Fsp3) is 0.907. The quantitative estimate of drug-likeness (QED) is 0.0267. The summed E-state index contributed by atoms with van der Waals surface area (Å²) in [5.74, 6) is -0.312. The lowest BCUT2D eigenvalue weighted by Gasteiger charge is -2.39. The molecule has 0 aliphatic carbocycles. The first-order valence-corrected chi connectivity index (χ1v) is 26.9. The maximum absolute atomic E-state index is 12.9. The standard InChI is InChI=1S/C54H102O9/c1-3-5-7-9-11-13-15-17-19-21-22-23-24-25-26-27-28-29-31-33-35-37-39-41-43-50(56)62-48(47-61-54-53(59)52(58)51(57)49(45-55)63-54)46-60-44-42-40-38-36-34-32-30-20-18-16-14-12-10-8-6-4-2/h12,14,18,20,48-49,51-55,57-59H,3-11,13,15-17,19,21-47H2,1-2H3/b14-12-,20-18-. The zero-order valence-electron chi connectivity index (χ0n) is 41.1. The molecule has 0 aromatic heterocycles. The molecule has 1 saturated heterocycles. The Labute approximate surface area is 387 Å². The van der Waals surface area contributed by atoms with E-state index in [1.54, 1.807) is 0 Å². The van der Waals surface area contributed by atoms with Crippen LogP contribution in [0.2, 0.25) is 0 Å². The molecule has 9 heteroatoms. The van der Waals surface area contributed by atoms with Gasteiger partial charge in [0, 0.05) is 13.0 Å². The Hall–Kier alpha value is -1.33. The normalized spacial score (nSPS) is 19.7. The van der Waals surface area contributed by atoms with Crippen LogP contribution in [-0.2, 0) is 23.7 Å². The van der Waals surface area contributed by atoms with Gasteiger partial charge in [-0.3, -0.25) is 4.79 Å². The van der Waals surface area contributed by atoms with Crippen molar-refractivity contribution in [1.29, 1.82) is 0 Å². The van der Waals surface area contributed by atoms with E-state index in [9.17, 15) is 25.2 Å². The van der Waals surface area contributed by atoms with Crippen LogP contribution in [0.4, 0.5) is 0 Å². The maximum Gasteiger partial charge on any atom is 0.306 e. The highest BCUT2D eigenvalue weighted by Gasteiger charge is 2.44. The molecule has 6 atom stereocenters. The lowest BCUT2D eigenvalue weighted by Crippen LogP contribution is -2.59. The minimum atomic E-state index is -1.54. The van der Waals surface area contributed by atoms with Gasteiger partial charge < -0.3 is 39.4 Å². The Balaban J connectivity index is 2.16. The number of aliphatic hydroxyl groups is 4. The van der Waals surface area contributed by atoms with Gasteiger partial charge in [0.15, 0.2) is 6.29 Å². The first-order valence-electron chi connectivity index (χ1n) is 26.9. The van der Waals surface area contributed by atoms with Crippen LogP contribution in [0.3, 0.4) is 0 Å². The van der Waals surface area contributed by atoms with Crippen LogP contribution in [-0.4, -0.2) is 89.6 Å². The van der Waals surface area contributed by atoms with E-state index in [1.807, 2.05) is 0 Å². The van der Waals surface area contributed by atoms with Crippen LogP contribution in [0.15, 0.2) is 24.3 Å². The molecule has 0 aromatic rings. The number of esters is 1. The Morgan fingerprint density at radius 2 is 0.921 bits per heavy atom. The minimum absolute atomic E-state index is 0.114. The number of rotatable bonds is 47. The van der Waals surface area contributed by atoms with Crippen molar-refractivity contribution >= 4 is 5.97 Å². The van der Waals surface area contributed by atoms with Gasteiger partial charge in [-0.25, -0.2) is 0 Å². The number of allylic oxidation sites excluding steroid dienone is 4. The Kier molecular flexibility index (Phi) is 43.4. The summed E-state index contributed by atoms with van der Waals surface area (Å²) in [5, 5.41) is 40.3. The first kappa shape index (κ1) is 59.7. The SMILES string of the molecule is CCCCC/C=C\C/C=C\CCCCCCCCOCC(COC1OC(CO)C(O)C(O)C1O)OC(=O)CCCCCCCCCCCCCCCCCCCCCCCCCC. The maximum atomic E-state index is 12.9. The van der Waals surface area contributed by atoms with Crippen molar-refractivity contribution in [3.63, 3.8) is 0 Å². The average molecular weight is 895 g/mol. The largest absolute Gasteiger partial charge is 0.457 e. The van der Waals surface area contributed by atoms with Crippen LogP contribution in [0, 0.1) is 0 Å². The van der Waals surface area contributed by atoms with E-state index in [-0.39, 0.29) is 19.2 Å². The molecule has 0 aromatic carbocycles. The van der Waals surface area contributed by atoms with Gasteiger partial charge in [-0.15, -0.1) is 0 Å². The molecule has 1 heterocycles. The van der Waals surface area contributed by atoms with Crippen LogP contribution in [0.1, 0.15) is 251 Å². The summed E-state index contributed by atoms with van der Waals surface area (Å²) < 4.78 is 22.9. The third-order valence-electron chi connectivity index (χ3n) is 12.6. The molecule has 63 heavy (non-hydrogen) atoms. The first-order chi connectivity index (χ1) is 30.9. The fourth-order valence-electron chi connectivity index (χ4n) is 8.41. The van der Waals surface area contributed by atoms with E-state index in [1.165, 1.54) is 180 Å². The zero-order chi connectivity index (χ0) is 45.7. The minimum Gasteiger partial charge on any atom is -0.457 e. The van der Waals surface area contributed by atoms with E-state index in [0.717, 1.165) is 51.4 Å². The monoisotopic (exact) mass is 895 g/mol. The molecule has 6 unspecified atom stereocenters. The summed E-state index contributed by atoms with van der Waals surface area (Å²) >= 11 is 0. The van der Waals surface area contributed by atoms with Crippen molar-refractivity contribution in [2.24, 2.45) is 0 Å². The highest BCUT2D eigenvalue weighted by atomic mass is 16.7. The molecule has 0 saturated carbocycles. The number of unbranched alkanes of at least 4 members (excludes halogenated alkanes) is 32. The average Bonchev–Trinajstić information content (AvgIpc) is 3.28. The summed E-state index contributed by atoms with van der Waals surface area (Å²) in [6, 6.07) is 0. The highest BCUT2D eigenvalue weighted by Crippen LogP contribution is 2.23.